The van der Waals surface area contributed by atoms with Gasteiger partial charge in [0.15, 0.2) is 11.5 Å². The summed E-state index contributed by atoms with van der Waals surface area (Å²) in [6.45, 7) is 0.301. The van der Waals surface area contributed by atoms with E-state index in [0.717, 1.165) is 10.5 Å². The van der Waals surface area contributed by atoms with Crippen LogP contribution in [-0.2, 0) is 22.6 Å². The molecule has 3 aromatic carbocycles. The maximum Gasteiger partial charge on any atom is 0.331 e. The van der Waals surface area contributed by atoms with Crippen LogP contribution in [0.15, 0.2) is 72.3 Å². The molecule has 5 rings (SSSR count). The molecule has 1 fully saturated rings. The molecule has 3 aromatic rings. The summed E-state index contributed by atoms with van der Waals surface area (Å²) in [6.07, 6.45) is 1.75. The van der Waals surface area contributed by atoms with Crippen molar-refractivity contribution in [2.45, 2.75) is 13.0 Å². The number of hydrogen-bond donors (Lipinski definition) is 1. The number of carbonyl (C=O) groups excluding carboxylic acids is 4. The van der Waals surface area contributed by atoms with E-state index in [1.165, 1.54) is 13.2 Å². The van der Waals surface area contributed by atoms with Crippen molar-refractivity contribution in [1.82, 2.24) is 15.1 Å². The van der Waals surface area contributed by atoms with Gasteiger partial charge in [0.05, 0.1) is 13.7 Å². The number of methoxy groups -OCH3 is 1. The lowest BCUT2D eigenvalue weighted by Crippen LogP contribution is -2.53. The van der Waals surface area contributed by atoms with Crippen molar-refractivity contribution in [2.24, 2.45) is 0 Å². The minimum Gasteiger partial charge on any atom is -0.492 e. The third-order valence-electron chi connectivity index (χ3n) is 6.69. The Labute approximate surface area is 230 Å². The molecule has 1 N–H and O–H groups in total. The number of benzene rings is 3. The first kappa shape index (κ1) is 26.5. The summed E-state index contributed by atoms with van der Waals surface area (Å²) >= 11 is 0. The highest BCUT2D eigenvalue weighted by atomic mass is 16.7. The van der Waals surface area contributed by atoms with Crippen molar-refractivity contribution in [3.63, 3.8) is 0 Å². The lowest BCUT2D eigenvalue weighted by atomic mass is 9.97. The molecular formula is C30H27N3O7. The minimum absolute atomic E-state index is 0.00630. The lowest BCUT2D eigenvalue weighted by molar-refractivity contribution is -0.130. The van der Waals surface area contributed by atoms with Crippen molar-refractivity contribution in [2.75, 3.05) is 27.5 Å². The summed E-state index contributed by atoms with van der Waals surface area (Å²) in [5.74, 6) is -0.633. The summed E-state index contributed by atoms with van der Waals surface area (Å²) in [5, 5.41) is 2.25. The fourth-order valence-corrected chi connectivity index (χ4v) is 4.58. The Hall–Kier alpha value is -5.12. The topological polar surface area (TPSA) is 114 Å². The van der Waals surface area contributed by atoms with Gasteiger partial charge in [0.2, 0.25) is 12.5 Å². The molecule has 1 saturated heterocycles. The predicted molar refractivity (Wildman–Crippen MR) is 145 cm³/mol. The number of imide groups is 2. The van der Waals surface area contributed by atoms with Gasteiger partial charge in [-0.15, -0.1) is 0 Å². The van der Waals surface area contributed by atoms with Gasteiger partial charge < -0.3 is 19.1 Å². The van der Waals surface area contributed by atoms with Crippen LogP contribution in [0.5, 0.6) is 17.2 Å². The summed E-state index contributed by atoms with van der Waals surface area (Å²) in [7, 11) is 3.14. The summed E-state index contributed by atoms with van der Waals surface area (Å²) in [5.41, 5.74) is 2.13. The molecule has 0 bridgehead atoms. The molecule has 0 radical (unpaired) electrons. The first-order chi connectivity index (χ1) is 19.4. The fourth-order valence-electron chi connectivity index (χ4n) is 4.58. The molecule has 40 heavy (non-hydrogen) atoms. The number of rotatable bonds is 8. The van der Waals surface area contributed by atoms with Crippen LogP contribution in [0.2, 0.25) is 0 Å². The highest BCUT2D eigenvalue weighted by Gasteiger charge is 2.36. The maximum atomic E-state index is 13.4. The maximum absolute atomic E-state index is 13.4. The van der Waals surface area contributed by atoms with E-state index in [-0.39, 0.29) is 30.6 Å². The Balaban J connectivity index is 1.49. The Morgan fingerprint density at radius 2 is 1.75 bits per heavy atom. The van der Waals surface area contributed by atoms with E-state index in [1.807, 2.05) is 12.1 Å². The van der Waals surface area contributed by atoms with Crippen LogP contribution in [0.25, 0.3) is 6.08 Å². The van der Waals surface area contributed by atoms with Crippen molar-refractivity contribution in [3.05, 3.63) is 94.6 Å². The van der Waals surface area contributed by atoms with Crippen LogP contribution < -0.4 is 19.5 Å². The van der Waals surface area contributed by atoms with Crippen LogP contribution in [0.3, 0.4) is 0 Å². The molecule has 204 valence electrons. The number of nitrogens with zero attached hydrogens (tertiary/aromatic N) is 2. The normalized spacial score (nSPS) is 15.3. The zero-order chi connectivity index (χ0) is 28.2. The number of nitrogens with one attached hydrogen (secondary N) is 1. The number of barbiturate groups is 1. The molecule has 0 spiro atoms. The zero-order valence-corrected chi connectivity index (χ0v) is 22.0. The first-order valence-electron chi connectivity index (χ1n) is 12.6. The molecule has 5 amide bonds. The smallest absolute Gasteiger partial charge is 0.331 e. The van der Waals surface area contributed by atoms with Gasteiger partial charge in [-0.25, -0.2) is 4.79 Å². The Bertz CT molecular complexity index is 1500. The predicted octanol–water partition coefficient (Wildman–Crippen LogP) is 3.40. The van der Waals surface area contributed by atoms with Crippen molar-refractivity contribution >= 4 is 29.8 Å². The highest BCUT2D eigenvalue weighted by Crippen LogP contribution is 2.46. The second kappa shape index (κ2) is 11.3. The SMILES string of the molecule is COc1c(/C=C2/C(=O)NC(=O)N(Cc3ccccc3)C2=O)c(CCN(C)C(=O)c2ccccc2)cc2c1OCO2. The Kier molecular flexibility index (Phi) is 7.50. The number of hydrogen-bond acceptors (Lipinski definition) is 7. The van der Waals surface area contributed by atoms with E-state index in [1.54, 1.807) is 66.5 Å². The van der Waals surface area contributed by atoms with E-state index < -0.39 is 17.8 Å². The molecule has 2 aliphatic heterocycles. The second-order valence-electron chi connectivity index (χ2n) is 9.25. The summed E-state index contributed by atoms with van der Waals surface area (Å²) in [4.78, 5) is 54.3. The number of amides is 5. The fraction of sp³-hybridized carbons (Fsp3) is 0.200. The average molecular weight is 542 g/mol. The van der Waals surface area contributed by atoms with Gasteiger partial charge in [-0.2, -0.15) is 0 Å². The van der Waals surface area contributed by atoms with E-state index in [2.05, 4.69) is 5.32 Å². The van der Waals surface area contributed by atoms with Gasteiger partial charge in [-0.05, 0) is 41.8 Å². The number of ether oxygens (including phenoxy) is 3. The van der Waals surface area contributed by atoms with Crippen molar-refractivity contribution in [3.8, 4) is 17.2 Å². The van der Waals surface area contributed by atoms with Gasteiger partial charge in [0.1, 0.15) is 5.57 Å². The van der Waals surface area contributed by atoms with E-state index in [9.17, 15) is 19.2 Å². The van der Waals surface area contributed by atoms with Crippen LogP contribution in [0, 0.1) is 0 Å². The average Bonchev–Trinajstić information content (AvgIpc) is 3.44. The van der Waals surface area contributed by atoms with E-state index in [0.29, 0.717) is 41.2 Å². The number of fused-ring (bicyclic) bond motifs is 1. The van der Waals surface area contributed by atoms with Gasteiger partial charge in [-0.1, -0.05) is 48.5 Å². The van der Waals surface area contributed by atoms with Crippen molar-refractivity contribution in [1.29, 1.82) is 0 Å². The monoisotopic (exact) mass is 541 g/mol. The van der Waals surface area contributed by atoms with Crippen LogP contribution in [0.1, 0.15) is 27.0 Å². The quantitative estimate of drug-likeness (QED) is 0.343. The third kappa shape index (κ3) is 5.24. The Morgan fingerprint density at radius 1 is 1.05 bits per heavy atom. The minimum atomic E-state index is -0.818. The molecule has 0 aliphatic carbocycles. The number of urea groups is 1. The van der Waals surface area contributed by atoms with Crippen LogP contribution in [-0.4, -0.2) is 61.0 Å². The van der Waals surface area contributed by atoms with Crippen LogP contribution in [0.4, 0.5) is 4.79 Å². The van der Waals surface area contributed by atoms with E-state index in [4.69, 9.17) is 14.2 Å². The molecule has 0 unspecified atom stereocenters. The summed E-state index contributed by atoms with van der Waals surface area (Å²) in [6, 6.07) is 18.9. The third-order valence-corrected chi connectivity index (χ3v) is 6.69. The zero-order valence-electron chi connectivity index (χ0n) is 22.0. The lowest BCUT2D eigenvalue weighted by Gasteiger charge is -2.27. The summed E-state index contributed by atoms with van der Waals surface area (Å²) < 4.78 is 16.8. The molecular weight excluding hydrogens is 514 g/mol. The first-order valence-corrected chi connectivity index (χ1v) is 12.6. The van der Waals surface area contributed by atoms with Crippen molar-refractivity contribution < 1.29 is 33.4 Å². The van der Waals surface area contributed by atoms with Gasteiger partial charge in [-0.3, -0.25) is 24.6 Å². The molecule has 0 saturated carbocycles. The standard InChI is InChI=1S/C30H27N3O7/c1-32(28(35)20-11-7-4-8-12-20)14-13-21-15-24-26(40-18-39-24)25(38-2)22(21)16-23-27(34)31-30(37)33(29(23)36)17-19-9-5-3-6-10-19/h3-12,15-16H,13-14,17-18H2,1-2H3,(H,31,34,37)/b23-16-. The highest BCUT2D eigenvalue weighted by molar-refractivity contribution is 6.31. The molecule has 2 heterocycles. The Morgan fingerprint density at radius 3 is 2.45 bits per heavy atom. The molecule has 0 aromatic heterocycles. The molecule has 10 heteroatoms. The molecule has 0 atom stereocenters. The van der Waals surface area contributed by atoms with Gasteiger partial charge >= 0.3 is 6.03 Å². The molecule has 10 nitrogen and oxygen atoms in total. The second-order valence-corrected chi connectivity index (χ2v) is 9.25. The largest absolute Gasteiger partial charge is 0.492 e. The van der Waals surface area contributed by atoms with E-state index >= 15 is 0 Å². The van der Waals surface area contributed by atoms with Gasteiger partial charge in [0, 0.05) is 24.7 Å². The van der Waals surface area contributed by atoms with Crippen LogP contribution >= 0.6 is 0 Å². The molecule has 2 aliphatic rings. The van der Waals surface area contributed by atoms with Gasteiger partial charge in [0.25, 0.3) is 17.7 Å². The number of carbonyl (C=O) groups is 4. The number of likely N-dealkylation sites (N-methyl/N-ethyl adjacent to an activating group) is 1.